The van der Waals surface area contributed by atoms with Gasteiger partial charge in [0.15, 0.2) is 11.5 Å². The number of aryl methyl sites for hydroxylation is 1. The minimum absolute atomic E-state index is 0.0842. The Bertz CT molecular complexity index is 1600. The minimum atomic E-state index is -4.48. The molecule has 7 nitrogen and oxygen atoms in total. The Morgan fingerprint density at radius 1 is 1.12 bits per heavy atom. The molecule has 1 aliphatic carbocycles. The van der Waals surface area contributed by atoms with Crippen LogP contribution in [0.15, 0.2) is 42.5 Å². The van der Waals surface area contributed by atoms with Crippen molar-refractivity contribution in [1.29, 1.82) is 5.26 Å². The molecule has 1 N–H and O–H groups in total. The van der Waals surface area contributed by atoms with E-state index >= 15 is 0 Å². The maximum atomic E-state index is 13.6. The topological polar surface area (TPSA) is 88.7 Å². The van der Waals surface area contributed by atoms with Gasteiger partial charge in [0.05, 0.1) is 18.2 Å². The number of nitrogens with one attached hydrogen (secondary N) is 1. The number of hydrogen-bond donors (Lipinski definition) is 1. The molecule has 1 aliphatic rings. The predicted octanol–water partition coefficient (Wildman–Crippen LogP) is 6.59. The smallest absolute Gasteiger partial charge is 0.416 e. The average Bonchev–Trinajstić information content (AvgIpc) is 3.25. The molecular formula is C28H25F5N6O. The zero-order valence-electron chi connectivity index (χ0n) is 21.9. The number of anilines is 1. The van der Waals surface area contributed by atoms with Crippen molar-refractivity contribution in [2.45, 2.75) is 51.4 Å². The molecule has 0 amide bonds. The van der Waals surface area contributed by atoms with E-state index in [2.05, 4.69) is 15.3 Å². The Balaban J connectivity index is 1.68. The number of nitrogens with zero attached hydrogens (tertiary/aromatic N) is 5. The van der Waals surface area contributed by atoms with Crippen molar-refractivity contribution >= 4 is 17.0 Å². The number of halogens is 5. The van der Waals surface area contributed by atoms with E-state index in [0.717, 1.165) is 17.7 Å². The number of alkyl halides is 5. The van der Waals surface area contributed by atoms with Crippen molar-refractivity contribution in [2.75, 3.05) is 12.4 Å². The second kappa shape index (κ2) is 10.0. The average molecular weight is 557 g/mol. The molecule has 1 unspecified atom stereocenters. The number of benzene rings is 2. The molecule has 1 atom stereocenters. The standard InChI is InChI=1S/C28H25F5N6O/c1-15-4-9-21(40-3)20(10-15)26-38-25-23(39(26)14-17-5-7-19(8-6-17)28(31,32)33)24(36-22(13-34)37-25)35-16(2)18-11-27(29,30)12-18/h4-10,16,18H,11-12,14H2,1-3H3,(H,35,36,37). The van der Waals surface area contributed by atoms with Gasteiger partial charge in [-0.25, -0.2) is 13.8 Å². The lowest BCUT2D eigenvalue weighted by Gasteiger charge is -2.39. The summed E-state index contributed by atoms with van der Waals surface area (Å²) < 4.78 is 74.0. The van der Waals surface area contributed by atoms with Gasteiger partial charge in [0.25, 0.3) is 0 Å². The SMILES string of the molecule is COc1ccc(C)cc1-c1nc2nc(C#N)nc(NC(C)C3CC(F)(F)C3)c2n1Cc1ccc(C(F)(F)F)cc1. The summed E-state index contributed by atoms with van der Waals surface area (Å²) in [5, 5.41) is 12.8. The first-order valence-corrected chi connectivity index (χ1v) is 12.5. The molecule has 0 bridgehead atoms. The van der Waals surface area contributed by atoms with Gasteiger partial charge in [0.2, 0.25) is 11.7 Å². The van der Waals surface area contributed by atoms with Crippen molar-refractivity contribution in [3.05, 3.63) is 65.0 Å². The normalized spacial score (nSPS) is 15.9. The molecular weight excluding hydrogens is 531 g/mol. The van der Waals surface area contributed by atoms with Crippen LogP contribution in [0.5, 0.6) is 5.75 Å². The predicted molar refractivity (Wildman–Crippen MR) is 138 cm³/mol. The largest absolute Gasteiger partial charge is 0.496 e. The van der Waals surface area contributed by atoms with E-state index < -0.39 is 23.7 Å². The zero-order valence-corrected chi connectivity index (χ0v) is 21.9. The van der Waals surface area contributed by atoms with Gasteiger partial charge in [-0.05, 0) is 49.6 Å². The second-order valence-corrected chi connectivity index (χ2v) is 10.1. The Labute approximate surface area is 226 Å². The molecule has 40 heavy (non-hydrogen) atoms. The molecule has 5 rings (SSSR count). The van der Waals surface area contributed by atoms with Gasteiger partial charge in [0, 0.05) is 25.4 Å². The van der Waals surface area contributed by atoms with E-state index in [0.29, 0.717) is 28.2 Å². The summed E-state index contributed by atoms with van der Waals surface area (Å²) in [5.74, 6) is -2.07. The molecule has 2 heterocycles. The Morgan fingerprint density at radius 2 is 1.82 bits per heavy atom. The van der Waals surface area contributed by atoms with Crippen molar-refractivity contribution in [1.82, 2.24) is 19.5 Å². The molecule has 2 aromatic heterocycles. The lowest BCUT2D eigenvalue weighted by molar-refractivity contribution is -0.137. The van der Waals surface area contributed by atoms with Crippen LogP contribution in [0.2, 0.25) is 0 Å². The number of nitriles is 1. The van der Waals surface area contributed by atoms with E-state index in [1.807, 2.05) is 25.1 Å². The molecule has 0 spiro atoms. The molecule has 1 fully saturated rings. The summed E-state index contributed by atoms with van der Waals surface area (Å²) in [6.07, 6.45) is -5.01. The number of methoxy groups -OCH3 is 1. The van der Waals surface area contributed by atoms with Crippen molar-refractivity contribution in [2.24, 2.45) is 5.92 Å². The summed E-state index contributed by atoms with van der Waals surface area (Å²) in [6, 6.07) is 11.8. The first-order valence-electron chi connectivity index (χ1n) is 12.5. The first kappa shape index (κ1) is 27.3. The first-order chi connectivity index (χ1) is 18.9. The Kier molecular flexibility index (Phi) is 6.85. The minimum Gasteiger partial charge on any atom is -0.496 e. The van der Waals surface area contributed by atoms with Crippen LogP contribution in [0.3, 0.4) is 0 Å². The van der Waals surface area contributed by atoms with Crippen LogP contribution in [-0.4, -0.2) is 38.6 Å². The van der Waals surface area contributed by atoms with Crippen LogP contribution in [0, 0.1) is 24.2 Å². The van der Waals surface area contributed by atoms with E-state index in [1.165, 1.54) is 19.2 Å². The van der Waals surface area contributed by atoms with Gasteiger partial charge in [-0.3, -0.25) is 0 Å². The molecule has 208 valence electrons. The van der Waals surface area contributed by atoms with Gasteiger partial charge >= 0.3 is 6.18 Å². The fourth-order valence-electron chi connectivity index (χ4n) is 4.92. The van der Waals surface area contributed by atoms with E-state index in [-0.39, 0.29) is 42.6 Å². The fraction of sp³-hybridized carbons (Fsp3) is 0.357. The maximum Gasteiger partial charge on any atom is 0.416 e. The van der Waals surface area contributed by atoms with Crippen LogP contribution in [0.4, 0.5) is 27.8 Å². The number of imidazole rings is 1. The fourth-order valence-corrected chi connectivity index (χ4v) is 4.92. The molecule has 2 aromatic carbocycles. The monoisotopic (exact) mass is 556 g/mol. The molecule has 1 saturated carbocycles. The number of rotatable bonds is 7. The Hall–Kier alpha value is -4.27. The zero-order chi connectivity index (χ0) is 28.8. The highest BCUT2D eigenvalue weighted by molar-refractivity contribution is 5.88. The van der Waals surface area contributed by atoms with E-state index in [1.54, 1.807) is 17.6 Å². The Morgan fingerprint density at radius 3 is 2.42 bits per heavy atom. The third-order valence-electron chi connectivity index (χ3n) is 7.11. The highest BCUT2D eigenvalue weighted by Crippen LogP contribution is 2.45. The van der Waals surface area contributed by atoms with Crippen LogP contribution < -0.4 is 10.1 Å². The third-order valence-corrected chi connectivity index (χ3v) is 7.11. The van der Waals surface area contributed by atoms with Crippen molar-refractivity contribution in [3.63, 3.8) is 0 Å². The molecule has 0 saturated heterocycles. The van der Waals surface area contributed by atoms with Crippen molar-refractivity contribution < 1.29 is 26.7 Å². The quantitative estimate of drug-likeness (QED) is 0.258. The molecule has 12 heteroatoms. The third kappa shape index (κ3) is 5.28. The van der Waals surface area contributed by atoms with Crippen LogP contribution in [0.25, 0.3) is 22.6 Å². The van der Waals surface area contributed by atoms with Crippen molar-refractivity contribution in [3.8, 4) is 23.2 Å². The van der Waals surface area contributed by atoms with Crippen LogP contribution >= 0.6 is 0 Å². The lowest BCUT2D eigenvalue weighted by Crippen LogP contribution is -2.43. The van der Waals surface area contributed by atoms with E-state index in [4.69, 9.17) is 9.72 Å². The van der Waals surface area contributed by atoms with Crippen LogP contribution in [0.1, 0.15) is 42.3 Å². The van der Waals surface area contributed by atoms with Gasteiger partial charge in [-0.15, -0.1) is 0 Å². The van der Waals surface area contributed by atoms with E-state index in [9.17, 15) is 27.2 Å². The maximum absolute atomic E-state index is 13.6. The number of hydrogen-bond acceptors (Lipinski definition) is 6. The number of aromatic nitrogens is 4. The summed E-state index contributed by atoms with van der Waals surface area (Å²) in [5.41, 5.74) is 1.83. The highest BCUT2D eigenvalue weighted by Gasteiger charge is 2.47. The molecule has 0 aliphatic heterocycles. The molecule has 4 aromatic rings. The van der Waals surface area contributed by atoms with Gasteiger partial charge < -0.3 is 14.6 Å². The number of ether oxygens (including phenoxy) is 1. The molecule has 0 radical (unpaired) electrons. The number of fused-ring (bicyclic) bond motifs is 1. The lowest BCUT2D eigenvalue weighted by atomic mass is 9.77. The van der Waals surface area contributed by atoms with Gasteiger partial charge in [-0.2, -0.15) is 28.4 Å². The summed E-state index contributed by atoms with van der Waals surface area (Å²) >= 11 is 0. The summed E-state index contributed by atoms with van der Waals surface area (Å²) in [6.45, 7) is 3.74. The van der Waals surface area contributed by atoms with Gasteiger partial charge in [0.1, 0.15) is 23.2 Å². The van der Waals surface area contributed by atoms with Crippen LogP contribution in [-0.2, 0) is 12.7 Å². The summed E-state index contributed by atoms with van der Waals surface area (Å²) in [4.78, 5) is 13.3. The van der Waals surface area contributed by atoms with Gasteiger partial charge in [-0.1, -0.05) is 23.8 Å². The summed E-state index contributed by atoms with van der Waals surface area (Å²) in [7, 11) is 1.51. The second-order valence-electron chi connectivity index (χ2n) is 10.1. The highest BCUT2D eigenvalue weighted by atomic mass is 19.4.